The van der Waals surface area contributed by atoms with Crippen LogP contribution in [0.2, 0.25) is 0 Å². The second kappa shape index (κ2) is 7.40. The minimum absolute atomic E-state index is 0.273. The Bertz CT molecular complexity index is 909. The minimum Gasteiger partial charge on any atom is -0.478 e. The van der Waals surface area contributed by atoms with E-state index in [4.69, 9.17) is 9.29 Å². The molecule has 0 aromatic heterocycles. The molecule has 132 valence electrons. The third-order valence-electron chi connectivity index (χ3n) is 3.35. The lowest BCUT2D eigenvalue weighted by Crippen LogP contribution is -2.20. The third kappa shape index (κ3) is 5.36. The summed E-state index contributed by atoms with van der Waals surface area (Å²) in [6.07, 6.45) is 2.35. The Labute approximate surface area is 147 Å². The van der Waals surface area contributed by atoms with Crippen LogP contribution >= 0.6 is 0 Å². The molecule has 2 aromatic rings. The maximum absolute atomic E-state index is 12.3. The molecule has 0 aliphatic rings. The smallest absolute Gasteiger partial charge is 0.407 e. The van der Waals surface area contributed by atoms with Gasteiger partial charge in [0.05, 0.1) is 5.69 Å². The number of carboxylic acid groups (broad SMARTS) is 1. The van der Waals surface area contributed by atoms with Gasteiger partial charge in [0.25, 0.3) is 0 Å². The Morgan fingerprint density at radius 3 is 2.36 bits per heavy atom. The van der Waals surface area contributed by atoms with Crippen LogP contribution in [-0.4, -0.2) is 19.5 Å². The summed E-state index contributed by atoms with van der Waals surface area (Å²) in [7, 11) is -4.08. The van der Waals surface area contributed by atoms with E-state index >= 15 is 0 Å². The SMILES string of the molecule is Cc1cc(C)c(OS(=O)(=O)Nc2cccc(/C=C/C(=O)O)c2)c(C)c1. The zero-order valence-corrected chi connectivity index (χ0v) is 14.9. The van der Waals surface area contributed by atoms with Crippen LogP contribution in [0.3, 0.4) is 0 Å². The Hall–Kier alpha value is -2.80. The first-order valence-corrected chi connectivity index (χ1v) is 8.88. The first kappa shape index (κ1) is 18.5. The van der Waals surface area contributed by atoms with Crippen molar-refractivity contribution in [3.05, 3.63) is 64.7 Å². The molecule has 2 rings (SSSR count). The highest BCUT2D eigenvalue weighted by Crippen LogP contribution is 2.26. The number of nitrogens with one attached hydrogen (secondary N) is 1. The molecular weight excluding hydrogens is 342 g/mol. The summed E-state index contributed by atoms with van der Waals surface area (Å²) in [6, 6.07) is 10.0. The standard InChI is InChI=1S/C18H19NO5S/c1-12-9-13(2)18(14(3)10-12)24-25(22,23)19-16-6-4-5-15(11-16)7-8-17(20)21/h4-11,19H,1-3H3,(H,20,21)/b8-7+. The van der Waals surface area contributed by atoms with E-state index in [2.05, 4.69) is 4.72 Å². The van der Waals surface area contributed by atoms with E-state index in [0.717, 1.165) is 22.8 Å². The van der Waals surface area contributed by atoms with Gasteiger partial charge in [-0.3, -0.25) is 4.72 Å². The van der Waals surface area contributed by atoms with E-state index < -0.39 is 16.3 Å². The number of carbonyl (C=O) groups is 1. The summed E-state index contributed by atoms with van der Waals surface area (Å²) in [5.41, 5.74) is 3.29. The normalized spacial score (nSPS) is 11.5. The number of anilines is 1. The lowest BCUT2D eigenvalue weighted by atomic mass is 10.1. The van der Waals surface area contributed by atoms with Crippen LogP contribution in [0.4, 0.5) is 5.69 Å². The van der Waals surface area contributed by atoms with Crippen molar-refractivity contribution in [2.45, 2.75) is 20.8 Å². The summed E-state index contributed by atoms with van der Waals surface area (Å²) < 4.78 is 32.1. The van der Waals surface area contributed by atoms with Gasteiger partial charge >= 0.3 is 16.3 Å². The average molecular weight is 361 g/mol. The van der Waals surface area contributed by atoms with Crippen LogP contribution in [0.1, 0.15) is 22.3 Å². The summed E-state index contributed by atoms with van der Waals surface area (Å²) >= 11 is 0. The average Bonchev–Trinajstić information content (AvgIpc) is 2.49. The molecule has 0 fully saturated rings. The molecule has 0 heterocycles. The Morgan fingerprint density at radius 2 is 1.76 bits per heavy atom. The molecule has 25 heavy (non-hydrogen) atoms. The highest BCUT2D eigenvalue weighted by atomic mass is 32.2. The zero-order valence-electron chi connectivity index (χ0n) is 14.1. The van der Waals surface area contributed by atoms with Crippen LogP contribution in [0.15, 0.2) is 42.5 Å². The van der Waals surface area contributed by atoms with Crippen molar-refractivity contribution in [2.24, 2.45) is 0 Å². The number of hydrogen-bond acceptors (Lipinski definition) is 4. The number of hydrogen-bond donors (Lipinski definition) is 2. The van der Waals surface area contributed by atoms with Gasteiger partial charge in [0.2, 0.25) is 0 Å². The quantitative estimate of drug-likeness (QED) is 0.769. The predicted octanol–water partition coefficient (Wildman–Crippen LogP) is 3.45. The number of aryl methyl sites for hydroxylation is 3. The van der Waals surface area contributed by atoms with Gasteiger partial charge in [-0.25, -0.2) is 4.79 Å². The van der Waals surface area contributed by atoms with Crippen molar-refractivity contribution in [1.82, 2.24) is 0 Å². The van der Waals surface area contributed by atoms with Crippen molar-refractivity contribution in [1.29, 1.82) is 0 Å². The van der Waals surface area contributed by atoms with Crippen molar-refractivity contribution in [3.63, 3.8) is 0 Å². The molecule has 0 saturated heterocycles. The van der Waals surface area contributed by atoms with E-state index in [9.17, 15) is 13.2 Å². The summed E-state index contributed by atoms with van der Waals surface area (Å²) in [6.45, 7) is 5.48. The van der Waals surface area contributed by atoms with Gasteiger partial charge in [0.1, 0.15) is 5.75 Å². The first-order valence-electron chi connectivity index (χ1n) is 7.47. The van der Waals surface area contributed by atoms with E-state index in [1.165, 1.54) is 12.1 Å². The lowest BCUT2D eigenvalue weighted by molar-refractivity contribution is -0.131. The fourth-order valence-corrected chi connectivity index (χ4v) is 3.39. The van der Waals surface area contributed by atoms with E-state index in [0.29, 0.717) is 11.3 Å². The molecule has 7 heteroatoms. The minimum atomic E-state index is -4.08. The summed E-state index contributed by atoms with van der Waals surface area (Å²) in [5.74, 6) is -0.792. The molecule has 0 aliphatic carbocycles. The first-order chi connectivity index (χ1) is 11.7. The van der Waals surface area contributed by atoms with Crippen molar-refractivity contribution < 1.29 is 22.5 Å². The largest absolute Gasteiger partial charge is 0.478 e. The highest BCUT2D eigenvalue weighted by molar-refractivity contribution is 7.88. The fourth-order valence-electron chi connectivity index (χ4n) is 2.45. The molecule has 0 saturated carbocycles. The third-order valence-corrected chi connectivity index (χ3v) is 4.22. The molecule has 0 spiro atoms. The molecule has 0 radical (unpaired) electrons. The van der Waals surface area contributed by atoms with Gasteiger partial charge in [0.15, 0.2) is 0 Å². The van der Waals surface area contributed by atoms with Crippen LogP contribution < -0.4 is 8.91 Å². The topological polar surface area (TPSA) is 92.7 Å². The second-order valence-corrected chi connectivity index (χ2v) is 6.94. The molecule has 0 unspecified atom stereocenters. The Morgan fingerprint density at radius 1 is 1.12 bits per heavy atom. The number of aliphatic carboxylic acids is 1. The zero-order chi connectivity index (χ0) is 18.6. The molecule has 0 aliphatic heterocycles. The van der Waals surface area contributed by atoms with E-state index in [1.807, 2.05) is 19.1 Å². The van der Waals surface area contributed by atoms with E-state index in [-0.39, 0.29) is 5.69 Å². The predicted molar refractivity (Wildman–Crippen MR) is 96.9 cm³/mol. The molecule has 2 N–H and O–H groups in total. The number of carboxylic acids is 1. The van der Waals surface area contributed by atoms with Gasteiger partial charge in [0, 0.05) is 6.08 Å². The second-order valence-electron chi connectivity index (χ2n) is 5.66. The highest BCUT2D eigenvalue weighted by Gasteiger charge is 2.16. The monoisotopic (exact) mass is 361 g/mol. The van der Waals surface area contributed by atoms with Crippen LogP contribution in [0.25, 0.3) is 6.08 Å². The van der Waals surface area contributed by atoms with Gasteiger partial charge in [-0.15, -0.1) is 0 Å². The van der Waals surface area contributed by atoms with Gasteiger partial charge in [-0.2, -0.15) is 8.42 Å². The van der Waals surface area contributed by atoms with Crippen molar-refractivity contribution in [3.8, 4) is 5.75 Å². The Kier molecular flexibility index (Phi) is 5.48. The summed E-state index contributed by atoms with van der Waals surface area (Å²) in [5, 5.41) is 8.65. The van der Waals surface area contributed by atoms with Crippen LogP contribution in [-0.2, 0) is 15.1 Å². The van der Waals surface area contributed by atoms with Crippen LogP contribution in [0, 0.1) is 20.8 Å². The van der Waals surface area contributed by atoms with E-state index in [1.54, 1.807) is 32.0 Å². The van der Waals surface area contributed by atoms with Crippen LogP contribution in [0.5, 0.6) is 5.75 Å². The molecule has 0 bridgehead atoms. The molecule has 2 aromatic carbocycles. The van der Waals surface area contributed by atoms with Gasteiger partial charge < -0.3 is 9.29 Å². The van der Waals surface area contributed by atoms with Crippen molar-refractivity contribution in [2.75, 3.05) is 4.72 Å². The molecule has 0 amide bonds. The van der Waals surface area contributed by atoms with Gasteiger partial charge in [-0.05, 0) is 55.7 Å². The molecule has 0 atom stereocenters. The number of rotatable bonds is 6. The maximum atomic E-state index is 12.3. The number of benzene rings is 2. The summed E-state index contributed by atoms with van der Waals surface area (Å²) in [4.78, 5) is 10.6. The van der Waals surface area contributed by atoms with Gasteiger partial charge in [-0.1, -0.05) is 29.8 Å². The fraction of sp³-hybridized carbons (Fsp3) is 0.167. The lowest BCUT2D eigenvalue weighted by Gasteiger charge is -2.14. The Balaban J connectivity index is 2.22. The molecular formula is C18H19NO5S. The molecule has 6 nitrogen and oxygen atoms in total. The maximum Gasteiger partial charge on any atom is 0.407 e. The van der Waals surface area contributed by atoms with Crippen molar-refractivity contribution >= 4 is 28.0 Å².